The summed E-state index contributed by atoms with van der Waals surface area (Å²) < 4.78 is 0.872. The maximum absolute atomic E-state index is 12.7. The van der Waals surface area contributed by atoms with Gasteiger partial charge < -0.3 is 15.1 Å². The number of para-hydroxylation sites is 1. The molecule has 3 rings (SSSR count). The van der Waals surface area contributed by atoms with Crippen molar-refractivity contribution < 1.29 is 14.4 Å². The minimum Gasteiger partial charge on any atom is -0.336 e. The highest BCUT2D eigenvalue weighted by molar-refractivity contribution is 9.10. The molecular formula is C20H20BrN3O3. The summed E-state index contributed by atoms with van der Waals surface area (Å²) in [6.07, 6.45) is 0.149. The first-order valence-corrected chi connectivity index (χ1v) is 9.39. The first-order valence-electron chi connectivity index (χ1n) is 8.60. The highest BCUT2D eigenvalue weighted by atomic mass is 79.9. The van der Waals surface area contributed by atoms with Crippen LogP contribution in [0.5, 0.6) is 0 Å². The Hall–Kier alpha value is -2.67. The molecule has 0 radical (unpaired) electrons. The van der Waals surface area contributed by atoms with Crippen molar-refractivity contribution in [2.75, 3.05) is 30.4 Å². The number of carbonyl (C=O) groups is 3. The van der Waals surface area contributed by atoms with Gasteiger partial charge in [-0.3, -0.25) is 14.4 Å². The predicted molar refractivity (Wildman–Crippen MR) is 107 cm³/mol. The molecule has 140 valence electrons. The summed E-state index contributed by atoms with van der Waals surface area (Å²) >= 11 is 3.39. The summed E-state index contributed by atoms with van der Waals surface area (Å²) in [4.78, 5) is 40.2. The van der Waals surface area contributed by atoms with E-state index < -0.39 is 5.92 Å². The molecule has 1 atom stereocenters. The molecule has 0 spiro atoms. The molecule has 1 fully saturated rings. The van der Waals surface area contributed by atoms with Crippen molar-refractivity contribution in [3.05, 3.63) is 59.1 Å². The fourth-order valence-corrected chi connectivity index (χ4v) is 3.48. The number of carbonyl (C=O) groups excluding carboxylic acids is 3. The summed E-state index contributed by atoms with van der Waals surface area (Å²) in [6.45, 7) is 0.258. The van der Waals surface area contributed by atoms with Gasteiger partial charge in [0.2, 0.25) is 17.7 Å². The molecular weight excluding hydrogens is 410 g/mol. The Morgan fingerprint density at radius 3 is 2.63 bits per heavy atom. The van der Waals surface area contributed by atoms with E-state index in [-0.39, 0.29) is 30.7 Å². The van der Waals surface area contributed by atoms with Gasteiger partial charge in [-0.2, -0.15) is 0 Å². The molecule has 7 heteroatoms. The van der Waals surface area contributed by atoms with Gasteiger partial charge in [0.1, 0.15) is 0 Å². The van der Waals surface area contributed by atoms with Gasteiger partial charge in [0.05, 0.1) is 12.5 Å². The molecule has 1 saturated heterocycles. The Labute approximate surface area is 166 Å². The van der Waals surface area contributed by atoms with Crippen LogP contribution in [0.15, 0.2) is 59.1 Å². The van der Waals surface area contributed by atoms with Crippen LogP contribution in [0.3, 0.4) is 0 Å². The average Bonchev–Trinajstić information content (AvgIpc) is 3.03. The molecule has 1 N–H and O–H groups in total. The van der Waals surface area contributed by atoms with Crippen molar-refractivity contribution in [2.45, 2.75) is 6.42 Å². The number of halogens is 1. The van der Waals surface area contributed by atoms with Crippen molar-refractivity contribution >= 4 is 45.0 Å². The van der Waals surface area contributed by atoms with E-state index in [0.717, 1.165) is 10.2 Å². The second-order valence-corrected chi connectivity index (χ2v) is 7.41. The molecule has 0 aromatic heterocycles. The van der Waals surface area contributed by atoms with E-state index in [0.29, 0.717) is 12.2 Å². The van der Waals surface area contributed by atoms with Crippen LogP contribution in [0, 0.1) is 5.92 Å². The summed E-state index contributed by atoms with van der Waals surface area (Å²) in [5.74, 6) is -1.02. The predicted octanol–water partition coefficient (Wildman–Crippen LogP) is 2.90. The summed E-state index contributed by atoms with van der Waals surface area (Å²) in [6, 6.07) is 16.5. The SMILES string of the molecule is CN(CC(=O)Nc1ccccc1)C(=O)C1CC(=O)N(c2cccc(Br)c2)C1. The molecule has 2 aromatic carbocycles. The molecule has 0 saturated carbocycles. The minimum atomic E-state index is -0.453. The molecule has 1 aliphatic heterocycles. The fraction of sp³-hybridized carbons (Fsp3) is 0.250. The lowest BCUT2D eigenvalue weighted by molar-refractivity contribution is -0.137. The summed E-state index contributed by atoms with van der Waals surface area (Å²) in [5, 5.41) is 2.75. The van der Waals surface area contributed by atoms with E-state index in [1.54, 1.807) is 24.1 Å². The molecule has 1 heterocycles. The third kappa shape index (κ3) is 4.74. The monoisotopic (exact) mass is 429 g/mol. The highest BCUT2D eigenvalue weighted by Crippen LogP contribution is 2.28. The lowest BCUT2D eigenvalue weighted by Gasteiger charge is -2.21. The normalized spacial score (nSPS) is 16.3. The zero-order valence-corrected chi connectivity index (χ0v) is 16.5. The topological polar surface area (TPSA) is 69.7 Å². The van der Waals surface area contributed by atoms with E-state index in [4.69, 9.17) is 0 Å². The highest BCUT2D eigenvalue weighted by Gasteiger charge is 2.36. The van der Waals surface area contributed by atoms with Crippen LogP contribution >= 0.6 is 15.9 Å². The molecule has 1 aliphatic rings. The molecule has 0 aliphatic carbocycles. The van der Waals surface area contributed by atoms with Gasteiger partial charge in [-0.1, -0.05) is 40.2 Å². The van der Waals surface area contributed by atoms with Crippen LogP contribution in [-0.4, -0.2) is 42.8 Å². The van der Waals surface area contributed by atoms with Crippen molar-refractivity contribution in [3.63, 3.8) is 0 Å². The van der Waals surface area contributed by atoms with Gasteiger partial charge >= 0.3 is 0 Å². The Bertz CT molecular complexity index is 857. The zero-order chi connectivity index (χ0) is 19.4. The van der Waals surface area contributed by atoms with E-state index in [2.05, 4.69) is 21.2 Å². The Kier molecular flexibility index (Phi) is 5.91. The van der Waals surface area contributed by atoms with E-state index in [1.165, 1.54) is 4.90 Å². The van der Waals surface area contributed by atoms with Crippen molar-refractivity contribution in [2.24, 2.45) is 5.92 Å². The number of amides is 3. The molecule has 1 unspecified atom stereocenters. The summed E-state index contributed by atoms with van der Waals surface area (Å²) in [7, 11) is 1.58. The van der Waals surface area contributed by atoms with E-state index >= 15 is 0 Å². The van der Waals surface area contributed by atoms with Gasteiger partial charge in [0.25, 0.3) is 0 Å². The van der Waals surface area contributed by atoms with Crippen LogP contribution in [0.25, 0.3) is 0 Å². The van der Waals surface area contributed by atoms with Crippen LogP contribution in [0.4, 0.5) is 11.4 Å². The number of anilines is 2. The van der Waals surface area contributed by atoms with Gasteiger partial charge in [-0.05, 0) is 30.3 Å². The second-order valence-electron chi connectivity index (χ2n) is 6.49. The Morgan fingerprint density at radius 2 is 1.93 bits per heavy atom. The zero-order valence-electron chi connectivity index (χ0n) is 14.9. The Morgan fingerprint density at radius 1 is 1.19 bits per heavy atom. The molecule has 2 aromatic rings. The smallest absolute Gasteiger partial charge is 0.243 e. The van der Waals surface area contributed by atoms with Gasteiger partial charge in [-0.15, -0.1) is 0 Å². The number of likely N-dealkylation sites (N-methyl/N-ethyl adjacent to an activating group) is 1. The van der Waals surface area contributed by atoms with Gasteiger partial charge in [0, 0.05) is 35.9 Å². The number of hydrogen-bond donors (Lipinski definition) is 1. The standard InChI is InChI=1S/C20H20BrN3O3/c1-23(13-18(25)22-16-7-3-2-4-8-16)20(27)14-10-19(26)24(12-14)17-9-5-6-15(21)11-17/h2-9,11,14H,10,12-13H2,1H3,(H,22,25). The quantitative estimate of drug-likeness (QED) is 0.793. The first kappa shape index (κ1) is 19.1. The number of rotatable bonds is 5. The van der Waals surface area contributed by atoms with Crippen LogP contribution in [0.1, 0.15) is 6.42 Å². The maximum Gasteiger partial charge on any atom is 0.243 e. The number of nitrogens with zero attached hydrogens (tertiary/aromatic N) is 2. The van der Waals surface area contributed by atoms with Crippen molar-refractivity contribution in [1.82, 2.24) is 4.90 Å². The van der Waals surface area contributed by atoms with Crippen LogP contribution in [-0.2, 0) is 14.4 Å². The molecule has 27 heavy (non-hydrogen) atoms. The summed E-state index contributed by atoms with van der Waals surface area (Å²) in [5.41, 5.74) is 1.44. The van der Waals surface area contributed by atoms with E-state index in [1.807, 2.05) is 42.5 Å². The van der Waals surface area contributed by atoms with Crippen LogP contribution < -0.4 is 10.2 Å². The lowest BCUT2D eigenvalue weighted by Crippen LogP contribution is -2.39. The third-order valence-electron chi connectivity index (χ3n) is 4.41. The number of benzene rings is 2. The number of nitrogens with one attached hydrogen (secondary N) is 1. The first-order chi connectivity index (χ1) is 12.9. The third-order valence-corrected chi connectivity index (χ3v) is 4.90. The fourth-order valence-electron chi connectivity index (χ4n) is 3.09. The molecule has 0 bridgehead atoms. The minimum absolute atomic E-state index is 0.0602. The van der Waals surface area contributed by atoms with Gasteiger partial charge in [-0.25, -0.2) is 0 Å². The van der Waals surface area contributed by atoms with E-state index in [9.17, 15) is 14.4 Å². The second kappa shape index (κ2) is 8.35. The Balaban J connectivity index is 1.59. The maximum atomic E-state index is 12.7. The van der Waals surface area contributed by atoms with Crippen molar-refractivity contribution in [3.8, 4) is 0 Å². The van der Waals surface area contributed by atoms with Gasteiger partial charge in [0.15, 0.2) is 0 Å². The van der Waals surface area contributed by atoms with Crippen LogP contribution in [0.2, 0.25) is 0 Å². The number of hydrogen-bond acceptors (Lipinski definition) is 3. The molecule has 3 amide bonds. The van der Waals surface area contributed by atoms with Crippen molar-refractivity contribution in [1.29, 1.82) is 0 Å². The largest absolute Gasteiger partial charge is 0.336 e. The molecule has 6 nitrogen and oxygen atoms in total. The average molecular weight is 430 g/mol. The lowest BCUT2D eigenvalue weighted by atomic mass is 10.1.